The van der Waals surface area contributed by atoms with Crippen LogP contribution in [0.4, 0.5) is 5.69 Å². The summed E-state index contributed by atoms with van der Waals surface area (Å²) in [5, 5.41) is 10.6. The molecule has 1 aromatic carbocycles. The molecule has 5 nitrogen and oxygen atoms in total. The number of hydrogen-bond acceptors (Lipinski definition) is 2. The Balaban J connectivity index is 0.00000112. The number of aromatic nitrogens is 2. The third-order valence-electron chi connectivity index (χ3n) is 2.28. The minimum Gasteiger partial charge on any atom is -1.00 e. The van der Waals surface area contributed by atoms with Crippen LogP contribution in [0.5, 0.6) is 0 Å². The second-order valence-corrected chi connectivity index (χ2v) is 3.27. The molecule has 0 N–H and O–H groups in total. The Morgan fingerprint density at radius 1 is 1.47 bits per heavy atom. The molecule has 0 bridgehead atoms. The van der Waals surface area contributed by atoms with Gasteiger partial charge in [0, 0.05) is 6.07 Å². The minimum atomic E-state index is -0.382. The van der Waals surface area contributed by atoms with Crippen LogP contribution in [0.1, 0.15) is 0 Å². The number of benzene rings is 1. The first-order valence-corrected chi connectivity index (χ1v) is 4.18. The minimum absolute atomic E-state index is 0. The van der Waals surface area contributed by atoms with Crippen LogP contribution in [-0.4, -0.2) is 9.49 Å². The molecule has 0 unspecified atom stereocenters. The van der Waals surface area contributed by atoms with Crippen LogP contribution in [0.2, 0.25) is 0 Å². The first-order chi connectivity index (χ1) is 6.59. The number of fused-ring (bicyclic) bond motifs is 1. The lowest BCUT2D eigenvalue weighted by Crippen LogP contribution is -3.00. The molecule has 1 aromatic heterocycles. The monoisotopic (exact) mass is 319 g/mol. The van der Waals surface area contributed by atoms with Gasteiger partial charge in [-0.25, -0.2) is 9.13 Å². The largest absolute Gasteiger partial charge is 1.00 e. The van der Waals surface area contributed by atoms with Crippen molar-refractivity contribution in [3.63, 3.8) is 0 Å². The highest BCUT2D eigenvalue weighted by molar-refractivity contribution is 5.74. The smallest absolute Gasteiger partial charge is 0.273 e. The molecule has 2 aromatic rings. The summed E-state index contributed by atoms with van der Waals surface area (Å²) in [6.45, 7) is 0. The molecular weight excluding hydrogens is 309 g/mol. The Morgan fingerprint density at radius 2 is 2.13 bits per heavy atom. The molecule has 0 saturated heterocycles. The van der Waals surface area contributed by atoms with Crippen molar-refractivity contribution < 1.29 is 33.5 Å². The van der Waals surface area contributed by atoms with E-state index in [-0.39, 0.29) is 34.6 Å². The highest BCUT2D eigenvalue weighted by Crippen LogP contribution is 2.17. The van der Waals surface area contributed by atoms with Crippen LogP contribution < -0.4 is 28.5 Å². The second kappa shape index (κ2) is 4.13. The summed E-state index contributed by atoms with van der Waals surface area (Å²) in [5.74, 6) is 0. The zero-order chi connectivity index (χ0) is 10.3. The number of nitro groups is 1. The third kappa shape index (κ3) is 1.94. The van der Waals surface area contributed by atoms with Crippen LogP contribution in [0.15, 0.2) is 24.5 Å². The summed E-state index contributed by atoms with van der Waals surface area (Å²) in [6.07, 6.45) is 1.88. The quantitative estimate of drug-likeness (QED) is 0.262. The molecular formula is C9H10IN3O2. The van der Waals surface area contributed by atoms with E-state index in [0.29, 0.717) is 0 Å². The molecule has 0 aliphatic carbocycles. The van der Waals surface area contributed by atoms with Gasteiger partial charge < -0.3 is 24.0 Å². The van der Waals surface area contributed by atoms with E-state index >= 15 is 0 Å². The maximum absolute atomic E-state index is 10.6. The van der Waals surface area contributed by atoms with Crippen molar-refractivity contribution in [3.8, 4) is 0 Å². The number of aryl methyl sites for hydroxylation is 2. The fraction of sp³-hybridized carbons (Fsp3) is 0.222. The van der Waals surface area contributed by atoms with E-state index in [1.807, 2.05) is 29.6 Å². The maximum Gasteiger partial charge on any atom is 0.273 e. The molecule has 0 spiro atoms. The number of nitro benzene ring substituents is 1. The first kappa shape index (κ1) is 11.9. The number of halogens is 1. The second-order valence-electron chi connectivity index (χ2n) is 3.27. The molecule has 2 rings (SSSR count). The predicted octanol–water partition coefficient (Wildman–Crippen LogP) is -2.08. The van der Waals surface area contributed by atoms with Crippen LogP contribution >= 0.6 is 0 Å². The van der Waals surface area contributed by atoms with E-state index < -0.39 is 0 Å². The van der Waals surface area contributed by atoms with Crippen LogP contribution in [0.3, 0.4) is 0 Å². The van der Waals surface area contributed by atoms with Gasteiger partial charge >= 0.3 is 0 Å². The van der Waals surface area contributed by atoms with Crippen molar-refractivity contribution in [1.29, 1.82) is 0 Å². The van der Waals surface area contributed by atoms with Gasteiger partial charge in [-0.3, -0.25) is 10.1 Å². The van der Waals surface area contributed by atoms with Gasteiger partial charge in [0.05, 0.1) is 25.1 Å². The Labute approximate surface area is 103 Å². The van der Waals surface area contributed by atoms with Gasteiger partial charge in [-0.15, -0.1) is 0 Å². The summed E-state index contributed by atoms with van der Waals surface area (Å²) in [4.78, 5) is 10.2. The predicted molar refractivity (Wildman–Crippen MR) is 50.7 cm³/mol. The van der Waals surface area contributed by atoms with E-state index in [2.05, 4.69) is 0 Å². The van der Waals surface area contributed by atoms with E-state index in [9.17, 15) is 10.1 Å². The van der Waals surface area contributed by atoms with Gasteiger partial charge in [-0.1, -0.05) is 0 Å². The summed E-state index contributed by atoms with van der Waals surface area (Å²) in [7, 11) is 3.78. The Hall–Kier alpha value is -1.18. The lowest BCUT2D eigenvalue weighted by atomic mass is 10.3. The zero-order valence-corrected chi connectivity index (χ0v) is 10.5. The van der Waals surface area contributed by atoms with Crippen LogP contribution in [0.25, 0.3) is 11.0 Å². The molecule has 80 valence electrons. The van der Waals surface area contributed by atoms with E-state index in [0.717, 1.165) is 11.0 Å². The molecule has 15 heavy (non-hydrogen) atoms. The first-order valence-electron chi connectivity index (χ1n) is 4.18. The van der Waals surface area contributed by atoms with Gasteiger partial charge in [0.15, 0.2) is 11.0 Å². The molecule has 1 heterocycles. The highest BCUT2D eigenvalue weighted by atomic mass is 127. The van der Waals surface area contributed by atoms with Gasteiger partial charge in [-0.2, -0.15) is 0 Å². The molecule has 0 aliphatic heterocycles. The van der Waals surface area contributed by atoms with Crippen molar-refractivity contribution in [2.24, 2.45) is 14.1 Å². The van der Waals surface area contributed by atoms with Crippen molar-refractivity contribution in [3.05, 3.63) is 34.6 Å². The molecule has 0 aliphatic rings. The van der Waals surface area contributed by atoms with Crippen molar-refractivity contribution >= 4 is 16.7 Å². The number of non-ortho nitro benzene ring substituents is 1. The van der Waals surface area contributed by atoms with Gasteiger partial charge in [0.25, 0.3) is 5.69 Å². The fourth-order valence-corrected chi connectivity index (χ4v) is 1.59. The Kier molecular flexibility index (Phi) is 3.28. The standard InChI is InChI=1S/C9H10N3O2.HI/c1-10-6-11(2)9-5-7(12(13)14)3-4-8(9)10;/h3-6H,1-2H3;1H/q+1;/p-1. The fourth-order valence-electron chi connectivity index (χ4n) is 1.59. The SMILES string of the molecule is Cn1c[n+](C)c2ccc([N+](=O)[O-])cc21.[I-]. The average molecular weight is 319 g/mol. The average Bonchev–Trinajstić information content (AvgIpc) is 2.42. The Bertz CT molecular complexity index is 521. The number of imidazole rings is 1. The van der Waals surface area contributed by atoms with Crippen molar-refractivity contribution in [1.82, 2.24) is 4.57 Å². The van der Waals surface area contributed by atoms with Crippen molar-refractivity contribution in [2.75, 3.05) is 0 Å². The van der Waals surface area contributed by atoms with Crippen LogP contribution in [-0.2, 0) is 14.1 Å². The van der Waals surface area contributed by atoms with Gasteiger partial charge in [-0.05, 0) is 6.07 Å². The summed E-state index contributed by atoms with van der Waals surface area (Å²) < 4.78 is 3.79. The number of nitrogens with zero attached hydrogens (tertiary/aromatic N) is 3. The third-order valence-corrected chi connectivity index (χ3v) is 2.28. The molecule has 0 saturated carbocycles. The Morgan fingerprint density at radius 3 is 2.73 bits per heavy atom. The molecule has 0 radical (unpaired) electrons. The van der Waals surface area contributed by atoms with E-state index in [1.54, 1.807) is 12.1 Å². The molecule has 0 amide bonds. The molecule has 6 heteroatoms. The van der Waals surface area contributed by atoms with Gasteiger partial charge in [0.2, 0.25) is 6.33 Å². The summed E-state index contributed by atoms with van der Waals surface area (Å²) in [5.41, 5.74) is 1.97. The zero-order valence-electron chi connectivity index (χ0n) is 8.35. The van der Waals surface area contributed by atoms with E-state index in [1.165, 1.54) is 6.07 Å². The summed E-state index contributed by atoms with van der Waals surface area (Å²) in [6, 6.07) is 4.85. The molecule has 0 atom stereocenters. The maximum atomic E-state index is 10.6. The molecule has 0 fully saturated rings. The van der Waals surface area contributed by atoms with Gasteiger partial charge in [0.1, 0.15) is 0 Å². The topological polar surface area (TPSA) is 52.0 Å². The highest BCUT2D eigenvalue weighted by Gasteiger charge is 2.14. The number of rotatable bonds is 1. The van der Waals surface area contributed by atoms with Crippen molar-refractivity contribution in [2.45, 2.75) is 0 Å². The van der Waals surface area contributed by atoms with Crippen LogP contribution in [0, 0.1) is 10.1 Å². The normalized spacial score (nSPS) is 10.0. The lowest BCUT2D eigenvalue weighted by Gasteiger charge is -1.90. The summed E-state index contributed by atoms with van der Waals surface area (Å²) >= 11 is 0. The lowest BCUT2D eigenvalue weighted by molar-refractivity contribution is -0.645. The van der Waals surface area contributed by atoms with E-state index in [4.69, 9.17) is 0 Å². The number of hydrogen-bond donors (Lipinski definition) is 0.